The van der Waals surface area contributed by atoms with Crippen LogP contribution in [0.1, 0.15) is 18.3 Å². The van der Waals surface area contributed by atoms with Gasteiger partial charge in [0.05, 0.1) is 23.7 Å². The Labute approximate surface area is 162 Å². The van der Waals surface area contributed by atoms with Crippen molar-refractivity contribution in [2.45, 2.75) is 6.92 Å². The number of likely N-dealkylation sites (N-methyl/N-ethyl adjacent to an activating group) is 1. The number of nitrogens with zero attached hydrogens (tertiary/aromatic N) is 2. The highest BCUT2D eigenvalue weighted by Gasteiger charge is 2.11. The Balaban J connectivity index is 1.85. The van der Waals surface area contributed by atoms with Gasteiger partial charge in [0.15, 0.2) is 18.1 Å². The van der Waals surface area contributed by atoms with E-state index in [9.17, 15) is 10.1 Å². The van der Waals surface area contributed by atoms with Gasteiger partial charge in [-0.1, -0.05) is 18.2 Å². The van der Waals surface area contributed by atoms with Crippen molar-refractivity contribution in [2.75, 3.05) is 20.3 Å². The number of hydrogen-bond acceptors (Lipinski definition) is 5. The van der Waals surface area contributed by atoms with Crippen molar-refractivity contribution in [1.82, 2.24) is 15.3 Å². The van der Waals surface area contributed by atoms with Crippen molar-refractivity contribution in [3.05, 3.63) is 53.9 Å². The Morgan fingerprint density at radius 2 is 2.11 bits per heavy atom. The molecule has 0 unspecified atom stereocenters. The van der Waals surface area contributed by atoms with Crippen LogP contribution in [0.3, 0.4) is 0 Å². The van der Waals surface area contributed by atoms with E-state index in [0.717, 1.165) is 16.6 Å². The number of nitrogens with one attached hydrogen (secondary N) is 2. The Morgan fingerprint density at radius 3 is 2.82 bits per heavy atom. The molecule has 0 saturated heterocycles. The summed E-state index contributed by atoms with van der Waals surface area (Å²) in [5, 5.41) is 12.2. The molecular formula is C21H20N4O3. The van der Waals surface area contributed by atoms with Crippen molar-refractivity contribution in [3.63, 3.8) is 0 Å². The van der Waals surface area contributed by atoms with Crippen LogP contribution in [0.2, 0.25) is 0 Å². The van der Waals surface area contributed by atoms with Crippen LogP contribution in [0, 0.1) is 11.3 Å². The van der Waals surface area contributed by atoms with Crippen molar-refractivity contribution in [2.24, 2.45) is 0 Å². The van der Waals surface area contributed by atoms with Crippen molar-refractivity contribution >= 4 is 28.6 Å². The normalized spacial score (nSPS) is 11.1. The molecule has 0 bridgehead atoms. The second-order valence-electron chi connectivity index (χ2n) is 5.92. The van der Waals surface area contributed by atoms with Gasteiger partial charge in [0.2, 0.25) is 0 Å². The number of hydrogen-bond donors (Lipinski definition) is 2. The topological polar surface area (TPSA) is 100 Å². The first-order chi connectivity index (χ1) is 13.6. The van der Waals surface area contributed by atoms with Crippen molar-refractivity contribution < 1.29 is 14.3 Å². The van der Waals surface area contributed by atoms with Gasteiger partial charge >= 0.3 is 0 Å². The summed E-state index contributed by atoms with van der Waals surface area (Å²) in [7, 11) is 1.52. The number of carbonyl (C=O) groups excluding carboxylic acids is 1. The molecule has 0 aliphatic heterocycles. The minimum atomic E-state index is -0.204. The average molecular weight is 376 g/mol. The van der Waals surface area contributed by atoms with Gasteiger partial charge in [-0.3, -0.25) is 4.79 Å². The van der Waals surface area contributed by atoms with E-state index in [4.69, 9.17) is 9.47 Å². The number of fused-ring (bicyclic) bond motifs is 1. The van der Waals surface area contributed by atoms with Crippen LogP contribution in [0.25, 0.3) is 22.7 Å². The van der Waals surface area contributed by atoms with Crippen LogP contribution < -0.4 is 14.8 Å². The van der Waals surface area contributed by atoms with Crippen LogP contribution in [0.15, 0.2) is 42.5 Å². The molecule has 0 atom stereocenters. The first-order valence-electron chi connectivity index (χ1n) is 8.79. The molecule has 0 aliphatic rings. The summed E-state index contributed by atoms with van der Waals surface area (Å²) in [5.74, 6) is 1.22. The molecule has 2 aromatic carbocycles. The van der Waals surface area contributed by atoms with E-state index >= 15 is 0 Å². The maximum absolute atomic E-state index is 11.6. The lowest BCUT2D eigenvalue weighted by molar-refractivity contribution is -0.123. The van der Waals surface area contributed by atoms with Gasteiger partial charge in [-0.2, -0.15) is 5.26 Å². The summed E-state index contributed by atoms with van der Waals surface area (Å²) in [6, 6.07) is 15.0. The Morgan fingerprint density at radius 1 is 1.29 bits per heavy atom. The number of H-pyrrole nitrogens is 1. The molecule has 0 spiro atoms. The highest BCUT2D eigenvalue weighted by molar-refractivity contribution is 5.90. The summed E-state index contributed by atoms with van der Waals surface area (Å²) in [5.41, 5.74) is 2.81. The zero-order valence-electron chi connectivity index (χ0n) is 15.7. The smallest absolute Gasteiger partial charge is 0.257 e. The molecule has 0 fully saturated rings. The van der Waals surface area contributed by atoms with Gasteiger partial charge in [0.25, 0.3) is 5.91 Å². The number of imidazole rings is 1. The molecule has 1 aromatic heterocycles. The molecular weight excluding hydrogens is 356 g/mol. The number of rotatable bonds is 7. The number of carbonyl (C=O) groups is 1. The molecule has 2 N–H and O–H groups in total. The Hall–Kier alpha value is -3.79. The third kappa shape index (κ3) is 4.30. The van der Waals surface area contributed by atoms with Crippen LogP contribution in [0.5, 0.6) is 11.5 Å². The highest BCUT2D eigenvalue weighted by atomic mass is 16.5. The van der Waals surface area contributed by atoms with Crippen LogP contribution >= 0.6 is 0 Å². The number of amides is 1. The van der Waals surface area contributed by atoms with Gasteiger partial charge in [-0.05, 0) is 42.8 Å². The Bertz CT molecular complexity index is 1030. The first kappa shape index (κ1) is 19.0. The Kier molecular flexibility index (Phi) is 5.92. The van der Waals surface area contributed by atoms with Crippen LogP contribution in [-0.2, 0) is 4.79 Å². The van der Waals surface area contributed by atoms with Crippen molar-refractivity contribution in [1.29, 1.82) is 5.26 Å². The monoisotopic (exact) mass is 376 g/mol. The lowest BCUT2D eigenvalue weighted by atomic mass is 10.1. The summed E-state index contributed by atoms with van der Waals surface area (Å²) in [6.45, 7) is 2.29. The molecule has 142 valence electrons. The summed E-state index contributed by atoms with van der Waals surface area (Å²) in [4.78, 5) is 19.2. The highest BCUT2D eigenvalue weighted by Crippen LogP contribution is 2.29. The van der Waals surface area contributed by atoms with Crippen LogP contribution in [0.4, 0.5) is 0 Å². The lowest BCUT2D eigenvalue weighted by Gasteiger charge is -2.11. The number of ether oxygens (including phenoxy) is 2. The minimum absolute atomic E-state index is 0.0954. The molecule has 3 aromatic rings. The molecule has 1 heterocycles. The molecule has 0 aliphatic carbocycles. The molecule has 28 heavy (non-hydrogen) atoms. The summed E-state index contributed by atoms with van der Waals surface area (Å²) >= 11 is 0. The fraction of sp³-hybridized carbons (Fsp3) is 0.190. The summed E-state index contributed by atoms with van der Waals surface area (Å²) < 4.78 is 10.9. The fourth-order valence-corrected chi connectivity index (χ4v) is 2.69. The first-order valence-corrected chi connectivity index (χ1v) is 8.79. The quantitative estimate of drug-likeness (QED) is 0.617. The number of methoxy groups -OCH3 is 1. The molecule has 0 radical (unpaired) electrons. The molecule has 7 nitrogen and oxygen atoms in total. The second-order valence-corrected chi connectivity index (χ2v) is 5.92. The largest absolute Gasteiger partial charge is 0.493 e. The van der Waals surface area contributed by atoms with E-state index in [1.54, 1.807) is 24.3 Å². The molecule has 3 rings (SSSR count). The SMILES string of the molecule is CCNC(=O)COc1ccc(C=C(C#N)c2nc3ccccc3[nH]2)cc1OC. The average Bonchev–Trinajstić information content (AvgIpc) is 3.15. The zero-order chi connectivity index (χ0) is 19.9. The van der Waals surface area contributed by atoms with E-state index in [1.165, 1.54) is 7.11 Å². The lowest BCUT2D eigenvalue weighted by Crippen LogP contribution is -2.28. The van der Waals surface area contributed by atoms with Crippen LogP contribution in [-0.4, -0.2) is 36.1 Å². The van der Waals surface area contributed by atoms with Gasteiger partial charge < -0.3 is 19.8 Å². The van der Waals surface area contributed by atoms with E-state index < -0.39 is 0 Å². The van der Waals surface area contributed by atoms with Gasteiger partial charge in [0, 0.05) is 6.54 Å². The predicted octanol–water partition coefficient (Wildman–Crippen LogP) is 3.15. The third-order valence-corrected chi connectivity index (χ3v) is 4.00. The third-order valence-electron chi connectivity index (χ3n) is 4.00. The minimum Gasteiger partial charge on any atom is -0.493 e. The maximum atomic E-state index is 11.6. The number of para-hydroxylation sites is 2. The zero-order valence-corrected chi connectivity index (χ0v) is 15.7. The standard InChI is InChI=1S/C21H20N4O3/c1-3-23-20(26)13-28-18-9-8-14(11-19(18)27-2)10-15(12-22)21-24-16-6-4-5-7-17(16)25-21/h4-11H,3,13H2,1-2H3,(H,23,26)(H,24,25). The maximum Gasteiger partial charge on any atom is 0.257 e. The van der Waals surface area contributed by atoms with E-state index in [0.29, 0.717) is 29.4 Å². The number of nitriles is 1. The molecule has 7 heteroatoms. The van der Waals surface area contributed by atoms with E-state index in [-0.39, 0.29) is 12.5 Å². The number of allylic oxidation sites excluding steroid dienone is 1. The number of benzene rings is 2. The number of aromatic amines is 1. The van der Waals surface area contributed by atoms with Gasteiger partial charge in [0.1, 0.15) is 11.9 Å². The molecule has 0 saturated carbocycles. The fourth-order valence-electron chi connectivity index (χ4n) is 2.69. The van der Waals surface area contributed by atoms with Crippen molar-refractivity contribution in [3.8, 4) is 17.6 Å². The van der Waals surface area contributed by atoms with Gasteiger partial charge in [-0.15, -0.1) is 0 Å². The van der Waals surface area contributed by atoms with E-state index in [2.05, 4.69) is 21.4 Å². The van der Waals surface area contributed by atoms with E-state index in [1.807, 2.05) is 31.2 Å². The predicted molar refractivity (Wildman–Crippen MR) is 107 cm³/mol. The molecule has 1 amide bonds. The number of aromatic nitrogens is 2. The van der Waals surface area contributed by atoms with Gasteiger partial charge in [-0.25, -0.2) is 4.98 Å². The second kappa shape index (κ2) is 8.73. The summed E-state index contributed by atoms with van der Waals surface area (Å²) in [6.07, 6.45) is 1.72.